The van der Waals surface area contributed by atoms with Gasteiger partial charge in [-0.05, 0) is 84.4 Å². The molecule has 0 saturated carbocycles. The van der Waals surface area contributed by atoms with Crippen LogP contribution in [0.25, 0.3) is 6.08 Å². The van der Waals surface area contributed by atoms with Crippen molar-refractivity contribution < 1.29 is 19.0 Å². The molecule has 10 heteroatoms. The van der Waals surface area contributed by atoms with Gasteiger partial charge in [0.2, 0.25) is 0 Å². The zero-order valence-corrected chi connectivity index (χ0v) is 25.5. The third kappa shape index (κ3) is 6.08. The molecular formula is C29H29BrN2O5S2. The molecule has 1 aromatic heterocycles. The van der Waals surface area contributed by atoms with Gasteiger partial charge >= 0.3 is 5.97 Å². The molecule has 1 aliphatic rings. The van der Waals surface area contributed by atoms with E-state index in [1.165, 1.54) is 11.3 Å². The van der Waals surface area contributed by atoms with Gasteiger partial charge in [0.15, 0.2) is 16.3 Å². The fourth-order valence-electron chi connectivity index (χ4n) is 4.22. The molecule has 3 aromatic rings. The summed E-state index contributed by atoms with van der Waals surface area (Å²) < 4.78 is 19.6. The maximum atomic E-state index is 13.9. The van der Waals surface area contributed by atoms with Crippen LogP contribution in [0.2, 0.25) is 0 Å². The second kappa shape index (κ2) is 12.4. The molecule has 39 heavy (non-hydrogen) atoms. The first-order valence-corrected chi connectivity index (χ1v) is 15.0. The first-order chi connectivity index (χ1) is 18.7. The number of aromatic nitrogens is 1. The number of halogens is 1. The van der Waals surface area contributed by atoms with E-state index in [1.54, 1.807) is 62.4 Å². The van der Waals surface area contributed by atoms with E-state index < -0.39 is 12.0 Å². The Bertz CT molecular complexity index is 1620. The van der Waals surface area contributed by atoms with Crippen molar-refractivity contribution in [2.75, 3.05) is 20.0 Å². The summed E-state index contributed by atoms with van der Waals surface area (Å²) in [7, 11) is 1.56. The van der Waals surface area contributed by atoms with Crippen LogP contribution >= 0.6 is 39.0 Å². The number of carbonyl (C=O) groups is 1. The smallest absolute Gasteiger partial charge is 0.338 e. The van der Waals surface area contributed by atoms with Gasteiger partial charge in [-0.15, -0.1) is 11.8 Å². The minimum Gasteiger partial charge on any atom is -0.493 e. The molecule has 0 bridgehead atoms. The summed E-state index contributed by atoms with van der Waals surface area (Å²) in [6, 6.07) is 10.8. The van der Waals surface area contributed by atoms with E-state index in [2.05, 4.69) is 27.5 Å². The molecule has 0 saturated heterocycles. The fraction of sp³-hybridized carbons (Fsp3) is 0.276. The van der Waals surface area contributed by atoms with E-state index in [0.717, 1.165) is 16.0 Å². The van der Waals surface area contributed by atoms with E-state index in [9.17, 15) is 9.59 Å². The lowest BCUT2D eigenvalue weighted by Gasteiger charge is -2.25. The van der Waals surface area contributed by atoms with Crippen molar-refractivity contribution in [3.63, 3.8) is 0 Å². The fourth-order valence-corrected chi connectivity index (χ4v) is 6.25. The highest BCUT2D eigenvalue weighted by Crippen LogP contribution is 2.37. The summed E-state index contributed by atoms with van der Waals surface area (Å²) in [5.41, 5.74) is 2.18. The van der Waals surface area contributed by atoms with Crippen LogP contribution in [0.5, 0.6) is 11.5 Å². The van der Waals surface area contributed by atoms with Gasteiger partial charge in [0, 0.05) is 4.90 Å². The number of ether oxygens (including phenoxy) is 3. The molecule has 0 amide bonds. The number of esters is 1. The number of carbonyl (C=O) groups excluding carboxylic acids is 1. The standard InChI is InChI=1S/C29H29BrN2O5S2/c1-7-12-36-26-21(30)13-18(14-22(26)35-5)15-23-27(33)32-25(19-8-10-20(38-6)11-9-19)24(28(34)37-16(2)3)17(4)31-29(32)39-23/h7-11,13-16,25H,1,12H2,2-6H3/b23-15-/t25-/m1/s1. The quantitative estimate of drug-likeness (QED) is 0.183. The van der Waals surface area contributed by atoms with E-state index in [-0.39, 0.29) is 11.7 Å². The summed E-state index contributed by atoms with van der Waals surface area (Å²) >= 11 is 6.43. The van der Waals surface area contributed by atoms with Gasteiger partial charge in [0.05, 0.1) is 39.5 Å². The summed E-state index contributed by atoms with van der Waals surface area (Å²) in [5.74, 6) is 0.587. The van der Waals surface area contributed by atoms with Crippen molar-refractivity contribution in [2.45, 2.75) is 37.8 Å². The number of methoxy groups -OCH3 is 1. The maximum Gasteiger partial charge on any atom is 0.338 e. The molecule has 0 aliphatic carbocycles. The van der Waals surface area contributed by atoms with Crippen molar-refractivity contribution >= 4 is 51.1 Å². The van der Waals surface area contributed by atoms with Crippen LogP contribution in [-0.2, 0) is 9.53 Å². The predicted octanol–water partition coefficient (Wildman–Crippen LogP) is 5.24. The highest BCUT2D eigenvalue weighted by molar-refractivity contribution is 9.10. The third-order valence-electron chi connectivity index (χ3n) is 5.91. The Morgan fingerprint density at radius 3 is 2.62 bits per heavy atom. The Balaban J connectivity index is 1.89. The van der Waals surface area contributed by atoms with E-state index >= 15 is 0 Å². The molecule has 7 nitrogen and oxygen atoms in total. The second-order valence-corrected chi connectivity index (χ2v) is 11.7. The lowest BCUT2D eigenvalue weighted by atomic mass is 9.96. The summed E-state index contributed by atoms with van der Waals surface area (Å²) in [6.45, 7) is 9.38. The van der Waals surface area contributed by atoms with Crippen LogP contribution in [0.4, 0.5) is 0 Å². The summed E-state index contributed by atoms with van der Waals surface area (Å²) in [4.78, 5) is 33.4. The summed E-state index contributed by atoms with van der Waals surface area (Å²) in [5, 5.41) is 0. The zero-order valence-electron chi connectivity index (χ0n) is 22.3. The Hall–Kier alpha value is -3.08. The average Bonchev–Trinajstić information content (AvgIpc) is 3.20. The van der Waals surface area contributed by atoms with Crippen LogP contribution < -0.4 is 24.4 Å². The Kier molecular flexibility index (Phi) is 9.19. The van der Waals surface area contributed by atoms with Crippen LogP contribution in [0, 0.1) is 0 Å². The van der Waals surface area contributed by atoms with Crippen LogP contribution in [-0.4, -0.2) is 36.6 Å². The Morgan fingerprint density at radius 2 is 2.00 bits per heavy atom. The molecule has 0 radical (unpaired) electrons. The average molecular weight is 630 g/mol. The number of thiazole rings is 1. The Morgan fingerprint density at radius 1 is 1.28 bits per heavy atom. The maximum absolute atomic E-state index is 13.9. The predicted molar refractivity (Wildman–Crippen MR) is 160 cm³/mol. The molecule has 0 spiro atoms. The molecule has 4 rings (SSSR count). The number of allylic oxidation sites excluding steroid dienone is 1. The van der Waals surface area contributed by atoms with E-state index in [1.807, 2.05) is 36.6 Å². The van der Waals surface area contributed by atoms with Crippen molar-refractivity contribution in [3.8, 4) is 11.5 Å². The van der Waals surface area contributed by atoms with Crippen molar-refractivity contribution in [1.82, 2.24) is 4.57 Å². The normalized spacial score (nSPS) is 15.2. The molecule has 204 valence electrons. The highest BCUT2D eigenvalue weighted by Gasteiger charge is 2.33. The number of hydrogen-bond donors (Lipinski definition) is 0. The number of hydrogen-bond acceptors (Lipinski definition) is 8. The number of rotatable bonds is 9. The van der Waals surface area contributed by atoms with Crippen molar-refractivity contribution in [1.29, 1.82) is 0 Å². The first-order valence-electron chi connectivity index (χ1n) is 12.2. The topological polar surface area (TPSA) is 79.1 Å². The van der Waals surface area contributed by atoms with Gasteiger partial charge in [-0.25, -0.2) is 9.79 Å². The van der Waals surface area contributed by atoms with E-state index in [0.29, 0.717) is 43.2 Å². The summed E-state index contributed by atoms with van der Waals surface area (Å²) in [6.07, 6.45) is 5.12. The van der Waals surface area contributed by atoms with Crippen molar-refractivity contribution in [2.24, 2.45) is 4.99 Å². The largest absolute Gasteiger partial charge is 0.493 e. The number of fused-ring (bicyclic) bond motifs is 1. The van der Waals surface area contributed by atoms with Gasteiger partial charge in [-0.2, -0.15) is 0 Å². The molecule has 0 unspecified atom stereocenters. The molecule has 2 heterocycles. The minimum absolute atomic E-state index is 0.248. The van der Waals surface area contributed by atoms with E-state index in [4.69, 9.17) is 14.2 Å². The SMILES string of the molecule is C=CCOc1c(Br)cc(/C=c2\sc3n(c2=O)[C@H](c2ccc(SC)cc2)C(C(=O)OC(C)C)=C(C)N=3)cc1OC. The lowest BCUT2D eigenvalue weighted by molar-refractivity contribution is -0.143. The Labute approximate surface area is 243 Å². The molecule has 1 aliphatic heterocycles. The van der Waals surface area contributed by atoms with Gasteiger partial charge in [-0.1, -0.05) is 36.1 Å². The lowest BCUT2D eigenvalue weighted by Crippen LogP contribution is -2.40. The molecule has 0 fully saturated rings. The van der Waals surface area contributed by atoms with Crippen LogP contribution in [0.3, 0.4) is 0 Å². The first kappa shape index (κ1) is 28.9. The number of benzene rings is 2. The molecular weight excluding hydrogens is 600 g/mol. The van der Waals surface area contributed by atoms with Crippen LogP contribution in [0.1, 0.15) is 37.9 Å². The van der Waals surface area contributed by atoms with Gasteiger partial charge in [-0.3, -0.25) is 9.36 Å². The monoisotopic (exact) mass is 628 g/mol. The number of thioether (sulfide) groups is 1. The molecule has 0 N–H and O–H groups in total. The highest BCUT2D eigenvalue weighted by atomic mass is 79.9. The second-order valence-electron chi connectivity index (χ2n) is 8.94. The minimum atomic E-state index is -0.665. The third-order valence-corrected chi connectivity index (χ3v) is 8.23. The van der Waals surface area contributed by atoms with Gasteiger partial charge < -0.3 is 14.2 Å². The molecule has 1 atom stereocenters. The number of nitrogens with zero attached hydrogens (tertiary/aromatic N) is 2. The van der Waals surface area contributed by atoms with Crippen molar-refractivity contribution in [3.05, 3.63) is 95.6 Å². The van der Waals surface area contributed by atoms with Gasteiger partial charge in [0.1, 0.15) is 6.61 Å². The van der Waals surface area contributed by atoms with Crippen LogP contribution in [0.15, 0.2) is 79.5 Å². The zero-order chi connectivity index (χ0) is 28.3. The van der Waals surface area contributed by atoms with Gasteiger partial charge in [0.25, 0.3) is 5.56 Å². The molecule has 2 aromatic carbocycles.